The van der Waals surface area contributed by atoms with Gasteiger partial charge in [-0.2, -0.15) is 5.10 Å². The molecule has 160 valence electrons. The first-order valence-electron chi connectivity index (χ1n) is 10.4. The first-order chi connectivity index (χ1) is 15.6. The van der Waals surface area contributed by atoms with Gasteiger partial charge >= 0.3 is 0 Å². The fourth-order valence-corrected chi connectivity index (χ4v) is 4.82. The number of nitrogens with zero attached hydrogens (tertiary/aromatic N) is 3. The Labute approximate surface area is 194 Å². The topological polar surface area (TPSA) is 54.8 Å². The zero-order valence-electron chi connectivity index (χ0n) is 17.4. The summed E-state index contributed by atoms with van der Waals surface area (Å²) in [7, 11) is 0. The minimum absolute atomic E-state index is 0.143. The maximum Gasteiger partial charge on any atom is 0.284 e. The van der Waals surface area contributed by atoms with Crippen LogP contribution in [-0.2, 0) is 0 Å². The van der Waals surface area contributed by atoms with Gasteiger partial charge in [-0.1, -0.05) is 48.0 Å². The lowest BCUT2D eigenvalue weighted by Gasteiger charge is -2.22. The van der Waals surface area contributed by atoms with E-state index in [1.807, 2.05) is 79.0 Å². The molecular formula is C25H20ClN3O2S. The molecule has 0 unspecified atom stereocenters. The highest BCUT2D eigenvalue weighted by Crippen LogP contribution is 2.38. The maximum atomic E-state index is 13.3. The molecule has 1 aliphatic heterocycles. The van der Waals surface area contributed by atoms with Crippen molar-refractivity contribution < 1.29 is 9.53 Å². The van der Waals surface area contributed by atoms with Crippen LogP contribution in [0.4, 0.5) is 0 Å². The number of amides is 1. The Hall–Kier alpha value is -3.22. The summed E-state index contributed by atoms with van der Waals surface area (Å²) in [5, 5.41) is 9.46. The number of aromatic nitrogens is 1. The van der Waals surface area contributed by atoms with Crippen LogP contribution in [-0.4, -0.2) is 28.2 Å². The van der Waals surface area contributed by atoms with E-state index < -0.39 is 0 Å². The molecule has 1 atom stereocenters. The Balaban J connectivity index is 1.59. The standard InChI is InChI=1S/C25H20ClN3O2S/c1-2-31-18-10-11-20-17(13-18)14-19(24(26)27-20)22-15-21(16-7-4-3-5-8-16)28-29(22)25(30)23-9-6-12-32-23/h3-14,22H,2,15H2,1H3/t22-/m0/s1. The second kappa shape index (κ2) is 8.73. The molecule has 1 aliphatic rings. The lowest BCUT2D eigenvalue weighted by atomic mass is 9.98. The molecule has 0 saturated heterocycles. The molecule has 0 spiro atoms. The van der Waals surface area contributed by atoms with E-state index in [4.69, 9.17) is 21.4 Å². The lowest BCUT2D eigenvalue weighted by Crippen LogP contribution is -2.26. The molecule has 1 amide bonds. The smallest absolute Gasteiger partial charge is 0.284 e. The Morgan fingerprint density at radius 3 is 2.75 bits per heavy atom. The number of carbonyl (C=O) groups excluding carboxylic acids is 1. The number of halogens is 1. The van der Waals surface area contributed by atoms with E-state index in [2.05, 4.69) is 4.98 Å². The zero-order valence-corrected chi connectivity index (χ0v) is 18.9. The average Bonchev–Trinajstić information content (AvgIpc) is 3.50. The Morgan fingerprint density at radius 2 is 2.00 bits per heavy atom. The minimum Gasteiger partial charge on any atom is -0.494 e. The van der Waals surface area contributed by atoms with Crippen molar-refractivity contribution in [2.75, 3.05) is 6.61 Å². The number of hydrogen-bond donors (Lipinski definition) is 0. The van der Waals surface area contributed by atoms with Crippen molar-refractivity contribution in [3.8, 4) is 5.75 Å². The SMILES string of the molecule is CCOc1ccc2nc(Cl)c([C@@H]3CC(c4ccccc4)=NN3C(=O)c3cccs3)cc2c1. The second-order valence-electron chi connectivity index (χ2n) is 7.42. The van der Waals surface area contributed by atoms with Crippen LogP contribution in [0.2, 0.25) is 5.15 Å². The summed E-state index contributed by atoms with van der Waals surface area (Å²) in [5.41, 5.74) is 3.38. The number of ether oxygens (including phenoxy) is 1. The maximum absolute atomic E-state index is 13.3. The van der Waals surface area contributed by atoms with Crippen LogP contribution in [0.15, 0.2) is 77.2 Å². The van der Waals surface area contributed by atoms with E-state index in [-0.39, 0.29) is 11.9 Å². The third-order valence-corrected chi connectivity index (χ3v) is 6.55. The van der Waals surface area contributed by atoms with Crippen LogP contribution < -0.4 is 4.74 Å². The summed E-state index contributed by atoms with van der Waals surface area (Å²) in [5.74, 6) is 0.629. The van der Waals surface area contributed by atoms with Crippen LogP contribution in [0.25, 0.3) is 10.9 Å². The minimum atomic E-state index is -0.347. The Bertz CT molecular complexity index is 1310. The highest BCUT2D eigenvalue weighted by Gasteiger charge is 2.35. The van der Waals surface area contributed by atoms with E-state index in [0.717, 1.165) is 33.5 Å². The van der Waals surface area contributed by atoms with Gasteiger partial charge in [0, 0.05) is 17.4 Å². The fraction of sp³-hybridized carbons (Fsp3) is 0.160. The van der Waals surface area contributed by atoms with Crippen molar-refractivity contribution in [3.05, 3.63) is 93.3 Å². The largest absolute Gasteiger partial charge is 0.494 e. The van der Waals surface area contributed by atoms with Crippen LogP contribution in [0.3, 0.4) is 0 Å². The van der Waals surface area contributed by atoms with Gasteiger partial charge in [0.05, 0.1) is 28.8 Å². The first kappa shape index (κ1) is 20.7. The summed E-state index contributed by atoms with van der Waals surface area (Å²) >= 11 is 8.04. The number of pyridine rings is 1. The van der Waals surface area contributed by atoms with Gasteiger partial charge in [-0.05, 0) is 48.2 Å². The number of fused-ring (bicyclic) bond motifs is 1. The highest BCUT2D eigenvalue weighted by atomic mass is 35.5. The predicted molar refractivity (Wildman–Crippen MR) is 129 cm³/mol. The van der Waals surface area contributed by atoms with Gasteiger partial charge in [-0.15, -0.1) is 11.3 Å². The van der Waals surface area contributed by atoms with E-state index in [1.165, 1.54) is 11.3 Å². The van der Waals surface area contributed by atoms with E-state index >= 15 is 0 Å². The summed E-state index contributed by atoms with van der Waals surface area (Å²) in [6.07, 6.45) is 0.555. The van der Waals surface area contributed by atoms with Gasteiger partial charge in [0.25, 0.3) is 5.91 Å². The Morgan fingerprint density at radius 1 is 1.16 bits per heavy atom. The molecule has 0 fully saturated rings. The predicted octanol–water partition coefficient (Wildman–Crippen LogP) is 6.34. The second-order valence-corrected chi connectivity index (χ2v) is 8.72. The molecule has 0 aliphatic carbocycles. The molecule has 0 saturated carbocycles. The van der Waals surface area contributed by atoms with E-state index in [9.17, 15) is 4.79 Å². The Kier molecular flexibility index (Phi) is 5.64. The summed E-state index contributed by atoms with van der Waals surface area (Å²) < 4.78 is 5.65. The lowest BCUT2D eigenvalue weighted by molar-refractivity contribution is 0.0716. The fourth-order valence-electron chi connectivity index (χ4n) is 3.90. The summed E-state index contributed by atoms with van der Waals surface area (Å²) in [6.45, 7) is 2.53. The van der Waals surface area contributed by atoms with Gasteiger partial charge in [-0.25, -0.2) is 9.99 Å². The number of carbonyl (C=O) groups is 1. The van der Waals surface area contributed by atoms with Crippen LogP contribution >= 0.6 is 22.9 Å². The van der Waals surface area contributed by atoms with Crippen molar-refractivity contribution in [3.63, 3.8) is 0 Å². The summed E-state index contributed by atoms with van der Waals surface area (Å²) in [6, 6.07) is 21.0. The number of hydrazone groups is 1. The number of hydrogen-bond acceptors (Lipinski definition) is 5. The zero-order chi connectivity index (χ0) is 22.1. The molecule has 3 heterocycles. The quantitative estimate of drug-likeness (QED) is 0.326. The van der Waals surface area contributed by atoms with Crippen molar-refractivity contribution in [2.45, 2.75) is 19.4 Å². The van der Waals surface area contributed by atoms with Crippen molar-refractivity contribution >= 4 is 45.5 Å². The van der Waals surface area contributed by atoms with Crippen LogP contribution in [0.1, 0.15) is 40.2 Å². The molecule has 4 aromatic rings. The highest BCUT2D eigenvalue weighted by molar-refractivity contribution is 7.12. The summed E-state index contributed by atoms with van der Waals surface area (Å²) in [4.78, 5) is 18.6. The van der Waals surface area contributed by atoms with Crippen LogP contribution in [0, 0.1) is 0 Å². The molecular weight excluding hydrogens is 442 g/mol. The molecule has 2 aromatic carbocycles. The third-order valence-electron chi connectivity index (χ3n) is 5.39. The molecule has 2 aromatic heterocycles. The third kappa shape index (κ3) is 3.87. The first-order valence-corrected chi connectivity index (χ1v) is 11.6. The van der Waals surface area contributed by atoms with Crippen molar-refractivity contribution in [1.82, 2.24) is 9.99 Å². The van der Waals surface area contributed by atoms with Gasteiger partial charge in [0.15, 0.2) is 0 Å². The molecule has 7 heteroatoms. The van der Waals surface area contributed by atoms with Crippen molar-refractivity contribution in [2.24, 2.45) is 5.10 Å². The molecule has 5 nitrogen and oxygen atoms in total. The molecule has 0 radical (unpaired) electrons. The molecule has 32 heavy (non-hydrogen) atoms. The molecule has 5 rings (SSSR count). The normalized spacial score (nSPS) is 15.8. The number of thiophene rings is 1. The van der Waals surface area contributed by atoms with Gasteiger partial charge < -0.3 is 4.74 Å². The number of benzene rings is 2. The van der Waals surface area contributed by atoms with Crippen LogP contribution in [0.5, 0.6) is 5.75 Å². The number of rotatable bonds is 5. The van der Waals surface area contributed by atoms with Gasteiger partial charge in [-0.3, -0.25) is 4.79 Å². The molecule has 0 bridgehead atoms. The van der Waals surface area contributed by atoms with E-state index in [1.54, 1.807) is 5.01 Å². The van der Waals surface area contributed by atoms with Gasteiger partial charge in [0.2, 0.25) is 0 Å². The molecule has 0 N–H and O–H groups in total. The monoisotopic (exact) mass is 461 g/mol. The van der Waals surface area contributed by atoms with Gasteiger partial charge in [0.1, 0.15) is 10.9 Å². The van der Waals surface area contributed by atoms with E-state index in [0.29, 0.717) is 23.1 Å². The van der Waals surface area contributed by atoms with Crippen molar-refractivity contribution in [1.29, 1.82) is 0 Å². The average molecular weight is 462 g/mol.